The number of sulfonamides is 1. The first-order chi connectivity index (χ1) is 9.89. The topological polar surface area (TPSA) is 62.6 Å². The Morgan fingerprint density at radius 2 is 2.10 bits per heavy atom. The van der Waals surface area contributed by atoms with E-state index in [0.717, 1.165) is 10.7 Å². The molecule has 1 N–H and O–H groups in total. The average Bonchev–Trinajstić information content (AvgIpc) is 3.07. The van der Waals surface area contributed by atoms with Crippen LogP contribution in [-0.2, 0) is 23.0 Å². The van der Waals surface area contributed by atoms with Gasteiger partial charge in [-0.1, -0.05) is 6.07 Å². The highest BCUT2D eigenvalue weighted by Crippen LogP contribution is 2.17. The molecule has 2 aromatic rings. The van der Waals surface area contributed by atoms with Crippen molar-refractivity contribution in [1.29, 1.82) is 0 Å². The SMILES string of the molecule is CC(Cc1cccs1)NCc1ccc(S(=O)(=O)N(C)C)o1. The van der Waals surface area contributed by atoms with Gasteiger partial charge in [0, 0.05) is 25.0 Å². The minimum Gasteiger partial charge on any atom is -0.447 e. The van der Waals surface area contributed by atoms with Crippen molar-refractivity contribution in [3.63, 3.8) is 0 Å². The second kappa shape index (κ2) is 6.74. The van der Waals surface area contributed by atoms with E-state index in [9.17, 15) is 8.42 Å². The smallest absolute Gasteiger partial charge is 0.275 e. The minimum absolute atomic E-state index is 0.0183. The summed E-state index contributed by atoms with van der Waals surface area (Å²) in [5.74, 6) is 0.619. The van der Waals surface area contributed by atoms with Crippen LogP contribution < -0.4 is 5.32 Å². The first-order valence-electron chi connectivity index (χ1n) is 6.66. The van der Waals surface area contributed by atoms with Crippen LogP contribution in [0.25, 0.3) is 0 Å². The molecule has 116 valence electrons. The summed E-state index contributed by atoms with van der Waals surface area (Å²) >= 11 is 1.74. The molecule has 5 nitrogen and oxygen atoms in total. The van der Waals surface area contributed by atoms with Crippen LogP contribution in [-0.4, -0.2) is 32.9 Å². The van der Waals surface area contributed by atoms with Gasteiger partial charge >= 0.3 is 0 Å². The van der Waals surface area contributed by atoms with Crippen LogP contribution in [0.2, 0.25) is 0 Å². The quantitative estimate of drug-likeness (QED) is 0.847. The summed E-state index contributed by atoms with van der Waals surface area (Å²) < 4.78 is 30.4. The van der Waals surface area contributed by atoms with Crippen LogP contribution in [0.15, 0.2) is 39.2 Å². The predicted molar refractivity (Wildman–Crippen MR) is 83.9 cm³/mol. The Kier molecular flexibility index (Phi) is 5.21. The molecule has 0 fully saturated rings. The van der Waals surface area contributed by atoms with Gasteiger partial charge in [0.2, 0.25) is 5.09 Å². The Morgan fingerprint density at radius 1 is 1.33 bits per heavy atom. The summed E-state index contributed by atoms with van der Waals surface area (Å²) in [6.07, 6.45) is 0.946. The molecular formula is C14H20N2O3S2. The zero-order valence-corrected chi connectivity index (χ0v) is 14.0. The highest BCUT2D eigenvalue weighted by molar-refractivity contribution is 7.88. The third-order valence-electron chi connectivity index (χ3n) is 3.08. The molecule has 0 saturated carbocycles. The van der Waals surface area contributed by atoms with E-state index in [-0.39, 0.29) is 5.09 Å². The maximum Gasteiger partial charge on any atom is 0.275 e. The minimum atomic E-state index is -3.50. The van der Waals surface area contributed by atoms with Crippen LogP contribution in [0.4, 0.5) is 0 Å². The fourth-order valence-electron chi connectivity index (χ4n) is 1.85. The van der Waals surface area contributed by atoms with E-state index in [4.69, 9.17) is 4.42 Å². The molecular weight excluding hydrogens is 308 g/mol. The summed E-state index contributed by atoms with van der Waals surface area (Å²) in [4.78, 5) is 1.32. The lowest BCUT2D eigenvalue weighted by Gasteiger charge is -2.11. The van der Waals surface area contributed by atoms with E-state index in [0.29, 0.717) is 18.3 Å². The number of rotatable bonds is 7. The lowest BCUT2D eigenvalue weighted by atomic mass is 10.2. The maximum atomic E-state index is 11.9. The van der Waals surface area contributed by atoms with Gasteiger partial charge in [0.05, 0.1) is 6.54 Å². The van der Waals surface area contributed by atoms with Gasteiger partial charge in [-0.2, -0.15) is 0 Å². The molecule has 7 heteroatoms. The molecule has 0 aromatic carbocycles. The second-order valence-electron chi connectivity index (χ2n) is 5.07. The van der Waals surface area contributed by atoms with Crippen molar-refractivity contribution in [1.82, 2.24) is 9.62 Å². The summed E-state index contributed by atoms with van der Waals surface area (Å²) in [6.45, 7) is 2.61. The van der Waals surface area contributed by atoms with Gasteiger partial charge < -0.3 is 9.73 Å². The molecule has 0 aliphatic carbocycles. The van der Waals surface area contributed by atoms with E-state index in [1.54, 1.807) is 17.4 Å². The number of thiophene rings is 1. The molecule has 0 bridgehead atoms. The molecule has 2 heterocycles. The summed E-state index contributed by atoms with van der Waals surface area (Å²) in [6, 6.07) is 7.63. The Labute approximate surface area is 129 Å². The number of nitrogens with one attached hydrogen (secondary N) is 1. The van der Waals surface area contributed by atoms with Gasteiger partial charge in [0.15, 0.2) is 0 Å². The van der Waals surface area contributed by atoms with Crippen LogP contribution in [0.3, 0.4) is 0 Å². The number of hydrogen-bond acceptors (Lipinski definition) is 5. The van der Waals surface area contributed by atoms with E-state index >= 15 is 0 Å². The molecule has 0 amide bonds. The molecule has 0 aliphatic rings. The van der Waals surface area contributed by atoms with Gasteiger partial charge in [-0.3, -0.25) is 0 Å². The van der Waals surface area contributed by atoms with Gasteiger partial charge in [-0.25, -0.2) is 12.7 Å². The first-order valence-corrected chi connectivity index (χ1v) is 8.98. The van der Waals surface area contributed by atoms with Gasteiger partial charge in [0.25, 0.3) is 10.0 Å². The molecule has 0 spiro atoms. The number of nitrogens with zero attached hydrogens (tertiary/aromatic N) is 1. The van der Waals surface area contributed by atoms with Crippen molar-refractivity contribution in [2.24, 2.45) is 0 Å². The Morgan fingerprint density at radius 3 is 2.71 bits per heavy atom. The highest BCUT2D eigenvalue weighted by atomic mass is 32.2. The fourth-order valence-corrected chi connectivity index (χ4v) is 3.50. The second-order valence-corrected chi connectivity index (χ2v) is 8.19. The molecule has 0 aliphatic heterocycles. The third-order valence-corrected chi connectivity index (χ3v) is 5.67. The van der Waals surface area contributed by atoms with Crippen molar-refractivity contribution in [3.05, 3.63) is 40.3 Å². The van der Waals surface area contributed by atoms with Crippen molar-refractivity contribution >= 4 is 21.4 Å². The van der Waals surface area contributed by atoms with Crippen molar-refractivity contribution in [2.45, 2.75) is 31.0 Å². The molecule has 0 radical (unpaired) electrons. The van der Waals surface area contributed by atoms with E-state index in [2.05, 4.69) is 23.7 Å². The Bertz CT molecular complexity index is 660. The molecule has 0 saturated heterocycles. The van der Waals surface area contributed by atoms with Gasteiger partial charge in [0.1, 0.15) is 5.76 Å². The molecule has 1 unspecified atom stereocenters. The highest BCUT2D eigenvalue weighted by Gasteiger charge is 2.21. The molecule has 1 atom stereocenters. The van der Waals surface area contributed by atoms with Crippen molar-refractivity contribution in [3.8, 4) is 0 Å². The fraction of sp³-hybridized carbons (Fsp3) is 0.429. The zero-order chi connectivity index (χ0) is 15.5. The van der Waals surface area contributed by atoms with E-state index < -0.39 is 10.0 Å². The van der Waals surface area contributed by atoms with E-state index in [1.165, 1.54) is 25.0 Å². The summed E-state index contributed by atoms with van der Waals surface area (Å²) in [5.41, 5.74) is 0. The number of hydrogen-bond donors (Lipinski definition) is 1. The Hall–Kier alpha value is -1.15. The molecule has 2 rings (SSSR count). The first kappa shape index (κ1) is 16.2. The molecule has 2 aromatic heterocycles. The van der Waals surface area contributed by atoms with Crippen LogP contribution in [0, 0.1) is 0 Å². The molecule has 21 heavy (non-hydrogen) atoms. The van der Waals surface area contributed by atoms with Gasteiger partial charge in [-0.15, -0.1) is 11.3 Å². The normalized spacial score (nSPS) is 13.7. The maximum absolute atomic E-state index is 11.9. The standard InChI is InChI=1S/C14H20N2O3S2/c1-11(9-13-5-4-8-20-13)15-10-12-6-7-14(19-12)21(17,18)16(2)3/h4-8,11,15H,9-10H2,1-3H3. The lowest BCUT2D eigenvalue weighted by Crippen LogP contribution is -2.27. The predicted octanol–water partition coefficient (Wildman–Crippen LogP) is 2.31. The summed E-state index contributed by atoms with van der Waals surface area (Å²) in [7, 11) is -0.525. The zero-order valence-electron chi connectivity index (χ0n) is 12.4. The van der Waals surface area contributed by atoms with Crippen molar-refractivity contribution < 1.29 is 12.8 Å². The largest absolute Gasteiger partial charge is 0.447 e. The van der Waals surface area contributed by atoms with Crippen LogP contribution in [0.5, 0.6) is 0 Å². The summed E-state index contributed by atoms with van der Waals surface area (Å²) in [5, 5.41) is 5.38. The third kappa shape index (κ3) is 4.16. The van der Waals surface area contributed by atoms with Crippen LogP contribution in [0.1, 0.15) is 17.6 Å². The monoisotopic (exact) mass is 328 g/mol. The van der Waals surface area contributed by atoms with E-state index in [1.807, 2.05) is 6.07 Å². The van der Waals surface area contributed by atoms with Crippen molar-refractivity contribution in [2.75, 3.05) is 14.1 Å². The number of furan rings is 1. The van der Waals surface area contributed by atoms with Crippen LogP contribution >= 0.6 is 11.3 Å². The Balaban J connectivity index is 1.91. The average molecular weight is 328 g/mol. The lowest BCUT2D eigenvalue weighted by molar-refractivity contribution is 0.381. The van der Waals surface area contributed by atoms with Gasteiger partial charge in [-0.05, 0) is 36.9 Å².